The highest BCUT2D eigenvalue weighted by Crippen LogP contribution is 2.25. The second-order valence-corrected chi connectivity index (χ2v) is 7.36. The summed E-state index contributed by atoms with van der Waals surface area (Å²) in [4.78, 5) is 18.9. The van der Waals surface area contributed by atoms with Crippen molar-refractivity contribution in [1.82, 2.24) is 15.2 Å². The van der Waals surface area contributed by atoms with Gasteiger partial charge in [0.15, 0.2) is 11.6 Å². The Balaban J connectivity index is 1.59. The minimum absolute atomic E-state index is 0.116. The number of aromatic nitrogens is 1. The molecule has 150 valence electrons. The van der Waals surface area contributed by atoms with Crippen LogP contribution in [0, 0.1) is 17.6 Å². The Morgan fingerprint density at radius 2 is 2.14 bits per heavy atom. The second kappa shape index (κ2) is 9.10. The van der Waals surface area contributed by atoms with Crippen LogP contribution in [0.4, 0.5) is 8.78 Å². The van der Waals surface area contributed by atoms with E-state index in [4.69, 9.17) is 4.74 Å². The number of pyridine rings is 1. The molecule has 1 atom stereocenters. The van der Waals surface area contributed by atoms with Crippen molar-refractivity contribution < 1.29 is 18.3 Å². The molecule has 7 heteroatoms. The van der Waals surface area contributed by atoms with Crippen molar-refractivity contribution in [1.29, 1.82) is 0 Å². The Morgan fingerprint density at radius 3 is 2.89 bits per heavy atom. The van der Waals surface area contributed by atoms with Gasteiger partial charge in [0.1, 0.15) is 17.3 Å². The van der Waals surface area contributed by atoms with Crippen LogP contribution in [0.2, 0.25) is 0 Å². The number of likely N-dealkylation sites (tertiary alicyclic amines) is 1. The zero-order chi connectivity index (χ0) is 20.1. The van der Waals surface area contributed by atoms with Gasteiger partial charge in [-0.1, -0.05) is 0 Å². The van der Waals surface area contributed by atoms with Crippen LogP contribution in [0.3, 0.4) is 0 Å². The van der Waals surface area contributed by atoms with Crippen molar-refractivity contribution in [2.45, 2.75) is 32.7 Å². The molecule has 3 rings (SSSR count). The molecule has 28 heavy (non-hydrogen) atoms. The monoisotopic (exact) mass is 389 g/mol. The number of amides is 1. The fourth-order valence-corrected chi connectivity index (χ4v) is 3.34. The van der Waals surface area contributed by atoms with E-state index in [1.165, 1.54) is 24.4 Å². The summed E-state index contributed by atoms with van der Waals surface area (Å²) >= 11 is 0. The first-order valence-electron chi connectivity index (χ1n) is 9.53. The van der Waals surface area contributed by atoms with Gasteiger partial charge in [0, 0.05) is 37.5 Å². The topological polar surface area (TPSA) is 54.5 Å². The van der Waals surface area contributed by atoms with Gasteiger partial charge in [0.2, 0.25) is 0 Å². The molecule has 1 N–H and O–H groups in total. The maximum atomic E-state index is 13.7. The first-order valence-corrected chi connectivity index (χ1v) is 9.53. The Kier molecular flexibility index (Phi) is 6.57. The standard InChI is InChI=1S/C21H25F2N3O2/c1-14(2)26-9-3-4-15(13-26)12-25-21(27)19-11-17(7-8-24-19)28-20-6-5-16(22)10-18(20)23/h5-8,10-11,14-15H,3-4,9,12-13H2,1-2H3,(H,25,27). The second-order valence-electron chi connectivity index (χ2n) is 7.36. The van der Waals surface area contributed by atoms with Gasteiger partial charge in [0.05, 0.1) is 0 Å². The van der Waals surface area contributed by atoms with Gasteiger partial charge in [-0.3, -0.25) is 9.78 Å². The van der Waals surface area contributed by atoms with Crippen LogP contribution in [0.15, 0.2) is 36.5 Å². The normalized spacial score (nSPS) is 17.5. The summed E-state index contributed by atoms with van der Waals surface area (Å²) in [5.41, 5.74) is 0.191. The summed E-state index contributed by atoms with van der Waals surface area (Å²) in [6.45, 7) is 7.02. The molecule has 5 nitrogen and oxygen atoms in total. The van der Waals surface area contributed by atoms with Crippen LogP contribution in [0.5, 0.6) is 11.5 Å². The van der Waals surface area contributed by atoms with Crippen LogP contribution < -0.4 is 10.1 Å². The molecule has 1 aromatic carbocycles. The number of nitrogens with zero attached hydrogens (tertiary/aromatic N) is 2. The molecule has 1 unspecified atom stereocenters. The molecule has 2 aromatic rings. The van der Waals surface area contributed by atoms with E-state index < -0.39 is 11.6 Å². The molecule has 0 bridgehead atoms. The summed E-state index contributed by atoms with van der Waals surface area (Å²) in [6.07, 6.45) is 3.64. The molecule has 0 aliphatic carbocycles. The molecule has 1 saturated heterocycles. The van der Waals surface area contributed by atoms with E-state index in [-0.39, 0.29) is 23.1 Å². The van der Waals surface area contributed by atoms with E-state index in [9.17, 15) is 13.6 Å². The molecular weight excluding hydrogens is 364 g/mol. The van der Waals surface area contributed by atoms with Crippen molar-refractivity contribution in [3.63, 3.8) is 0 Å². The lowest BCUT2D eigenvalue weighted by Crippen LogP contribution is -2.43. The number of ether oxygens (including phenoxy) is 1. The molecule has 1 aliphatic heterocycles. The smallest absolute Gasteiger partial charge is 0.270 e. The van der Waals surface area contributed by atoms with Crippen LogP contribution in [-0.2, 0) is 0 Å². The summed E-state index contributed by atoms with van der Waals surface area (Å²) in [7, 11) is 0. The number of carbonyl (C=O) groups excluding carboxylic acids is 1. The van der Waals surface area contributed by atoms with Crippen LogP contribution >= 0.6 is 0 Å². The van der Waals surface area contributed by atoms with E-state index >= 15 is 0 Å². The fraction of sp³-hybridized carbons (Fsp3) is 0.429. The van der Waals surface area contributed by atoms with Gasteiger partial charge in [-0.25, -0.2) is 8.78 Å². The minimum Gasteiger partial charge on any atom is -0.454 e. The molecule has 0 saturated carbocycles. The fourth-order valence-electron chi connectivity index (χ4n) is 3.34. The summed E-state index contributed by atoms with van der Waals surface area (Å²) in [5.74, 6) is -1.24. The van der Waals surface area contributed by atoms with Gasteiger partial charge in [-0.2, -0.15) is 0 Å². The van der Waals surface area contributed by atoms with Gasteiger partial charge in [0.25, 0.3) is 5.91 Å². The predicted octanol–water partition coefficient (Wildman–Crippen LogP) is 4.00. The van der Waals surface area contributed by atoms with E-state index in [1.807, 2.05) is 0 Å². The zero-order valence-corrected chi connectivity index (χ0v) is 16.1. The molecule has 0 spiro atoms. The first kappa shape index (κ1) is 20.2. The first-order chi connectivity index (χ1) is 13.4. The summed E-state index contributed by atoms with van der Waals surface area (Å²) in [6, 6.07) is 6.52. The van der Waals surface area contributed by atoms with Crippen LogP contribution in [0.1, 0.15) is 37.2 Å². The molecule has 1 amide bonds. The molecule has 1 aliphatic rings. The maximum absolute atomic E-state index is 13.7. The third kappa shape index (κ3) is 5.25. The number of piperidine rings is 1. The number of halogens is 2. The van der Waals surface area contributed by atoms with Crippen molar-refractivity contribution >= 4 is 5.91 Å². The van der Waals surface area contributed by atoms with Crippen molar-refractivity contribution in [2.24, 2.45) is 5.92 Å². The van der Waals surface area contributed by atoms with E-state index in [0.717, 1.165) is 38.1 Å². The Hall–Kier alpha value is -2.54. The van der Waals surface area contributed by atoms with E-state index in [1.54, 1.807) is 0 Å². The summed E-state index contributed by atoms with van der Waals surface area (Å²) in [5, 5.41) is 2.93. The number of rotatable bonds is 6. The molecule has 0 radical (unpaired) electrons. The number of benzene rings is 1. The number of nitrogens with one attached hydrogen (secondary N) is 1. The third-order valence-corrected chi connectivity index (χ3v) is 4.92. The lowest BCUT2D eigenvalue weighted by Gasteiger charge is -2.35. The Bertz CT molecular complexity index is 829. The largest absolute Gasteiger partial charge is 0.454 e. The SMILES string of the molecule is CC(C)N1CCCC(CNC(=O)c2cc(Oc3ccc(F)cc3F)ccn2)C1. The molecule has 2 heterocycles. The van der Waals surface area contributed by atoms with E-state index in [0.29, 0.717) is 18.5 Å². The molecular formula is C21H25F2N3O2. The van der Waals surface area contributed by atoms with Crippen molar-refractivity contribution in [2.75, 3.05) is 19.6 Å². The van der Waals surface area contributed by atoms with Crippen LogP contribution in [0.25, 0.3) is 0 Å². The van der Waals surface area contributed by atoms with Crippen LogP contribution in [-0.4, -0.2) is 41.5 Å². The highest BCUT2D eigenvalue weighted by molar-refractivity contribution is 5.92. The lowest BCUT2D eigenvalue weighted by atomic mass is 9.97. The molecule has 1 aromatic heterocycles. The number of hydrogen-bond donors (Lipinski definition) is 1. The highest BCUT2D eigenvalue weighted by Gasteiger charge is 2.22. The zero-order valence-electron chi connectivity index (χ0n) is 16.1. The lowest BCUT2D eigenvalue weighted by molar-refractivity contribution is 0.0917. The predicted molar refractivity (Wildman–Crippen MR) is 102 cm³/mol. The Morgan fingerprint density at radius 1 is 1.32 bits per heavy atom. The quantitative estimate of drug-likeness (QED) is 0.811. The average molecular weight is 389 g/mol. The van der Waals surface area contributed by atoms with Gasteiger partial charge in [-0.05, 0) is 57.4 Å². The average Bonchev–Trinajstić information content (AvgIpc) is 2.69. The van der Waals surface area contributed by atoms with E-state index in [2.05, 4.69) is 29.0 Å². The van der Waals surface area contributed by atoms with Gasteiger partial charge < -0.3 is 15.0 Å². The minimum atomic E-state index is -0.810. The number of hydrogen-bond acceptors (Lipinski definition) is 4. The maximum Gasteiger partial charge on any atom is 0.270 e. The highest BCUT2D eigenvalue weighted by atomic mass is 19.1. The summed E-state index contributed by atoms with van der Waals surface area (Å²) < 4.78 is 32.2. The third-order valence-electron chi connectivity index (χ3n) is 4.92. The number of carbonyl (C=O) groups is 1. The van der Waals surface area contributed by atoms with Crippen molar-refractivity contribution in [3.05, 3.63) is 53.9 Å². The Labute approximate surface area is 163 Å². The van der Waals surface area contributed by atoms with Gasteiger partial charge in [-0.15, -0.1) is 0 Å². The molecule has 1 fully saturated rings. The van der Waals surface area contributed by atoms with Gasteiger partial charge >= 0.3 is 0 Å². The van der Waals surface area contributed by atoms with Crippen molar-refractivity contribution in [3.8, 4) is 11.5 Å².